The lowest BCUT2D eigenvalue weighted by Crippen LogP contribution is -2.20. The Morgan fingerprint density at radius 1 is 1.26 bits per heavy atom. The van der Waals surface area contributed by atoms with Gasteiger partial charge in [-0.25, -0.2) is 9.18 Å². The standard InChI is InChI=1S/C20H15FN2O3S/c1-12-7-8-13(9-15(12)21)20(25)26-11-17(24)14(10-22)19-23(2)16-5-3-4-6-18(16)27-19/h3-9H,11H2,1-2H3/b19-14-. The topological polar surface area (TPSA) is 70.4 Å². The Labute approximate surface area is 160 Å². The molecule has 1 aliphatic rings. The Hall–Kier alpha value is -3.11. The van der Waals surface area contributed by atoms with Crippen molar-refractivity contribution < 1.29 is 18.7 Å². The van der Waals surface area contributed by atoms with Crippen molar-refractivity contribution in [3.05, 3.63) is 70.0 Å². The van der Waals surface area contributed by atoms with Crippen LogP contribution in [0, 0.1) is 24.1 Å². The molecule has 1 heterocycles. The third-order valence-electron chi connectivity index (χ3n) is 4.08. The molecule has 0 fully saturated rings. The molecule has 136 valence electrons. The summed E-state index contributed by atoms with van der Waals surface area (Å²) in [5.74, 6) is -1.96. The molecule has 2 aromatic carbocycles. The molecular formula is C20H15FN2O3S. The van der Waals surface area contributed by atoms with Crippen LogP contribution in [0.25, 0.3) is 0 Å². The van der Waals surface area contributed by atoms with Crippen LogP contribution < -0.4 is 4.90 Å². The van der Waals surface area contributed by atoms with Crippen LogP contribution in [0.2, 0.25) is 0 Å². The van der Waals surface area contributed by atoms with Gasteiger partial charge in [0.05, 0.1) is 11.3 Å². The van der Waals surface area contributed by atoms with Crippen LogP contribution in [0.15, 0.2) is 58.0 Å². The maximum Gasteiger partial charge on any atom is 0.338 e. The van der Waals surface area contributed by atoms with Gasteiger partial charge < -0.3 is 9.64 Å². The Balaban J connectivity index is 1.74. The minimum absolute atomic E-state index is 0.0109. The van der Waals surface area contributed by atoms with E-state index < -0.39 is 24.2 Å². The molecule has 2 aromatic rings. The lowest BCUT2D eigenvalue weighted by molar-refractivity contribution is -0.118. The summed E-state index contributed by atoms with van der Waals surface area (Å²) in [5, 5.41) is 9.93. The van der Waals surface area contributed by atoms with Crippen LogP contribution in [0.1, 0.15) is 15.9 Å². The second-order valence-corrected chi connectivity index (χ2v) is 6.91. The Morgan fingerprint density at radius 3 is 2.67 bits per heavy atom. The highest BCUT2D eigenvalue weighted by atomic mass is 32.2. The third-order valence-corrected chi connectivity index (χ3v) is 5.32. The van der Waals surface area contributed by atoms with Crippen molar-refractivity contribution in [3.8, 4) is 6.07 Å². The molecule has 0 spiro atoms. The van der Waals surface area contributed by atoms with Gasteiger partial charge in [-0.2, -0.15) is 5.26 Å². The first-order valence-corrected chi connectivity index (χ1v) is 8.85. The van der Waals surface area contributed by atoms with E-state index in [1.54, 1.807) is 18.9 Å². The number of ketones is 1. The average Bonchev–Trinajstić information content (AvgIpc) is 2.99. The molecule has 1 aliphatic heterocycles. The number of anilines is 1. The van der Waals surface area contributed by atoms with E-state index in [4.69, 9.17) is 4.74 Å². The van der Waals surface area contributed by atoms with E-state index in [2.05, 4.69) is 0 Å². The maximum atomic E-state index is 13.6. The molecule has 0 radical (unpaired) electrons. The van der Waals surface area contributed by atoms with E-state index in [0.717, 1.165) is 16.6 Å². The fraction of sp³-hybridized carbons (Fsp3) is 0.150. The summed E-state index contributed by atoms with van der Waals surface area (Å²) >= 11 is 1.31. The zero-order chi connectivity index (χ0) is 19.6. The maximum absolute atomic E-state index is 13.6. The summed E-state index contributed by atoms with van der Waals surface area (Å²) in [6, 6.07) is 13.4. The van der Waals surface area contributed by atoms with Crippen LogP contribution in [-0.4, -0.2) is 25.4 Å². The second-order valence-electron chi connectivity index (χ2n) is 5.88. The molecule has 5 nitrogen and oxygen atoms in total. The van der Waals surface area contributed by atoms with Gasteiger partial charge in [0, 0.05) is 11.9 Å². The lowest BCUT2D eigenvalue weighted by atomic mass is 10.1. The number of benzene rings is 2. The quantitative estimate of drug-likeness (QED) is 0.455. The molecule has 3 rings (SSSR count). The summed E-state index contributed by atoms with van der Waals surface area (Å²) in [4.78, 5) is 27.2. The first-order valence-electron chi connectivity index (χ1n) is 8.04. The van der Waals surface area contributed by atoms with E-state index in [0.29, 0.717) is 10.6 Å². The largest absolute Gasteiger partial charge is 0.454 e. The van der Waals surface area contributed by atoms with Crippen molar-refractivity contribution in [1.29, 1.82) is 5.26 Å². The number of fused-ring (bicyclic) bond motifs is 1. The highest BCUT2D eigenvalue weighted by Gasteiger charge is 2.28. The number of carbonyl (C=O) groups excluding carboxylic acids is 2. The number of halogens is 1. The third kappa shape index (κ3) is 3.71. The number of thioether (sulfide) groups is 1. The van der Waals surface area contributed by atoms with E-state index in [-0.39, 0.29) is 11.1 Å². The van der Waals surface area contributed by atoms with Gasteiger partial charge in [-0.1, -0.05) is 30.0 Å². The smallest absolute Gasteiger partial charge is 0.338 e. The predicted molar refractivity (Wildman–Crippen MR) is 99.8 cm³/mol. The molecule has 0 bridgehead atoms. The number of hydrogen-bond acceptors (Lipinski definition) is 6. The van der Waals surface area contributed by atoms with E-state index in [9.17, 15) is 19.2 Å². The van der Waals surface area contributed by atoms with Gasteiger partial charge in [0.1, 0.15) is 22.5 Å². The number of Topliss-reactive ketones (excluding diaryl/α,β-unsaturated/α-hetero) is 1. The Morgan fingerprint density at radius 2 is 2.00 bits per heavy atom. The van der Waals surface area contributed by atoms with Gasteiger partial charge in [0.15, 0.2) is 6.61 Å². The summed E-state index contributed by atoms with van der Waals surface area (Å²) in [6.07, 6.45) is 0. The monoisotopic (exact) mass is 382 g/mol. The highest BCUT2D eigenvalue weighted by molar-refractivity contribution is 8.03. The van der Waals surface area contributed by atoms with Crippen molar-refractivity contribution in [1.82, 2.24) is 0 Å². The molecule has 0 saturated carbocycles. The molecule has 0 unspecified atom stereocenters. The minimum atomic E-state index is -0.819. The van der Waals surface area contributed by atoms with Gasteiger partial charge >= 0.3 is 5.97 Å². The summed E-state index contributed by atoms with van der Waals surface area (Å²) in [6.45, 7) is 0.985. The van der Waals surface area contributed by atoms with Gasteiger partial charge in [-0.05, 0) is 36.8 Å². The van der Waals surface area contributed by atoms with Crippen molar-refractivity contribution in [2.45, 2.75) is 11.8 Å². The Bertz CT molecular complexity index is 1010. The number of nitriles is 1. The fourth-order valence-electron chi connectivity index (χ4n) is 2.56. The SMILES string of the molecule is Cc1ccc(C(=O)OCC(=O)/C(C#N)=C2\Sc3ccccc3N2C)cc1F. The normalized spacial score (nSPS) is 14.4. The molecule has 0 N–H and O–H groups in total. The van der Waals surface area contributed by atoms with Crippen LogP contribution in [-0.2, 0) is 9.53 Å². The van der Waals surface area contributed by atoms with Gasteiger partial charge in [-0.3, -0.25) is 4.79 Å². The summed E-state index contributed by atoms with van der Waals surface area (Å²) < 4.78 is 18.5. The zero-order valence-corrected chi connectivity index (χ0v) is 15.5. The predicted octanol–water partition coefficient (Wildman–Crippen LogP) is 3.84. The molecule has 0 aromatic heterocycles. The van der Waals surface area contributed by atoms with Crippen LogP contribution in [0.4, 0.5) is 10.1 Å². The number of nitrogens with zero attached hydrogens (tertiary/aromatic N) is 2. The van der Waals surface area contributed by atoms with Crippen molar-refractivity contribution >= 4 is 29.2 Å². The van der Waals surface area contributed by atoms with E-state index >= 15 is 0 Å². The highest BCUT2D eigenvalue weighted by Crippen LogP contribution is 2.46. The van der Waals surface area contributed by atoms with Crippen LogP contribution in [0.5, 0.6) is 0 Å². The number of hydrogen-bond donors (Lipinski definition) is 0. The number of ether oxygens (including phenoxy) is 1. The first-order chi connectivity index (χ1) is 12.9. The van der Waals surface area contributed by atoms with Crippen molar-refractivity contribution in [3.63, 3.8) is 0 Å². The van der Waals surface area contributed by atoms with Gasteiger partial charge in [0.25, 0.3) is 0 Å². The minimum Gasteiger partial charge on any atom is -0.454 e. The number of esters is 1. The lowest BCUT2D eigenvalue weighted by Gasteiger charge is -2.14. The second kappa shape index (κ2) is 7.64. The molecule has 27 heavy (non-hydrogen) atoms. The number of carbonyl (C=O) groups is 2. The van der Waals surface area contributed by atoms with Crippen LogP contribution >= 0.6 is 11.8 Å². The average molecular weight is 382 g/mol. The van der Waals surface area contributed by atoms with Crippen molar-refractivity contribution in [2.75, 3.05) is 18.6 Å². The molecule has 7 heteroatoms. The van der Waals surface area contributed by atoms with Gasteiger partial charge in [0.2, 0.25) is 5.78 Å². The fourth-order valence-corrected chi connectivity index (χ4v) is 3.72. The summed E-state index contributed by atoms with van der Waals surface area (Å²) in [7, 11) is 1.76. The summed E-state index contributed by atoms with van der Waals surface area (Å²) in [5.41, 5.74) is 1.23. The zero-order valence-electron chi connectivity index (χ0n) is 14.7. The number of rotatable bonds is 4. The molecular weight excluding hydrogens is 367 g/mol. The molecule has 0 amide bonds. The number of aryl methyl sites for hydroxylation is 1. The molecule has 0 saturated heterocycles. The van der Waals surface area contributed by atoms with Crippen molar-refractivity contribution in [2.24, 2.45) is 0 Å². The Kier molecular flexibility index (Phi) is 5.28. The van der Waals surface area contributed by atoms with Crippen LogP contribution in [0.3, 0.4) is 0 Å². The van der Waals surface area contributed by atoms with E-state index in [1.807, 2.05) is 30.3 Å². The van der Waals surface area contributed by atoms with E-state index in [1.165, 1.54) is 23.9 Å². The van der Waals surface area contributed by atoms with Gasteiger partial charge in [-0.15, -0.1) is 0 Å². The molecule has 0 aliphatic carbocycles. The molecule has 0 atom stereocenters. The first kappa shape index (κ1) is 18.7. The number of para-hydroxylation sites is 1.